The molecule has 1 aromatic heterocycles. The summed E-state index contributed by atoms with van der Waals surface area (Å²) in [6, 6.07) is 23.0. The predicted octanol–water partition coefficient (Wildman–Crippen LogP) is 7.12. The molecule has 1 aliphatic heterocycles. The third-order valence-corrected chi connectivity index (χ3v) is 8.84. The third-order valence-electron chi connectivity index (χ3n) is 6.40. The summed E-state index contributed by atoms with van der Waals surface area (Å²) in [5.41, 5.74) is 2.26. The molecular formula is C28H22ClFN2O2S2. The number of thioether (sulfide) groups is 1. The molecule has 3 aromatic carbocycles. The summed E-state index contributed by atoms with van der Waals surface area (Å²) in [4.78, 5) is 29.7. The quantitative estimate of drug-likeness (QED) is 0.266. The fraction of sp³-hybridized carbons (Fsp3) is 0.143. The summed E-state index contributed by atoms with van der Waals surface area (Å²) in [5.74, 6) is -0.721. The van der Waals surface area contributed by atoms with Gasteiger partial charge < -0.3 is 10.2 Å². The highest BCUT2D eigenvalue weighted by atomic mass is 35.5. The maximum atomic E-state index is 13.7. The number of thiophene rings is 1. The highest BCUT2D eigenvalue weighted by Gasteiger charge is 2.51. The summed E-state index contributed by atoms with van der Waals surface area (Å²) in [6.45, 7) is 0. The summed E-state index contributed by atoms with van der Waals surface area (Å²) in [7, 11) is 1.76. The van der Waals surface area contributed by atoms with Gasteiger partial charge in [0.2, 0.25) is 5.91 Å². The van der Waals surface area contributed by atoms with Gasteiger partial charge in [-0.3, -0.25) is 9.59 Å². The topological polar surface area (TPSA) is 49.4 Å². The fourth-order valence-electron chi connectivity index (χ4n) is 4.56. The molecule has 1 amide bonds. The normalized spacial score (nSPS) is 20.0. The second-order valence-electron chi connectivity index (χ2n) is 8.55. The fourth-order valence-corrected chi connectivity index (χ4v) is 6.62. The molecule has 4 nitrogen and oxygen atoms in total. The minimum absolute atomic E-state index is 0.133. The van der Waals surface area contributed by atoms with Crippen LogP contribution in [0.4, 0.5) is 15.8 Å². The van der Waals surface area contributed by atoms with E-state index in [9.17, 15) is 14.0 Å². The summed E-state index contributed by atoms with van der Waals surface area (Å²) >= 11 is 9.04. The Labute approximate surface area is 222 Å². The van der Waals surface area contributed by atoms with Gasteiger partial charge in [0.15, 0.2) is 5.78 Å². The number of ketones is 1. The van der Waals surface area contributed by atoms with E-state index in [1.165, 1.54) is 35.2 Å². The lowest BCUT2D eigenvalue weighted by molar-refractivity contribution is -0.144. The Morgan fingerprint density at radius 1 is 1.00 bits per heavy atom. The number of hydrogen-bond acceptors (Lipinski definition) is 5. The monoisotopic (exact) mass is 536 g/mol. The van der Waals surface area contributed by atoms with Crippen LogP contribution >= 0.6 is 34.7 Å². The first-order valence-electron chi connectivity index (χ1n) is 11.3. The van der Waals surface area contributed by atoms with E-state index in [1.807, 2.05) is 59.3 Å². The highest BCUT2D eigenvalue weighted by molar-refractivity contribution is 8.01. The van der Waals surface area contributed by atoms with Crippen molar-refractivity contribution in [2.45, 2.75) is 22.1 Å². The maximum absolute atomic E-state index is 13.7. The van der Waals surface area contributed by atoms with Crippen LogP contribution in [0.25, 0.3) is 0 Å². The number of hydrogen-bond donors (Lipinski definition) is 1. The van der Waals surface area contributed by atoms with Gasteiger partial charge >= 0.3 is 0 Å². The summed E-state index contributed by atoms with van der Waals surface area (Å²) < 4.78 is 13.3. The van der Waals surface area contributed by atoms with Crippen LogP contribution in [-0.4, -0.2) is 28.9 Å². The van der Waals surface area contributed by atoms with Gasteiger partial charge in [-0.25, -0.2) is 4.39 Å². The van der Waals surface area contributed by atoms with E-state index in [2.05, 4.69) is 5.32 Å². The lowest BCUT2D eigenvalue weighted by Crippen LogP contribution is -2.58. The minimum Gasteiger partial charge on any atom is -0.356 e. The zero-order chi connectivity index (χ0) is 25.3. The van der Waals surface area contributed by atoms with Crippen molar-refractivity contribution in [3.8, 4) is 0 Å². The van der Waals surface area contributed by atoms with Gasteiger partial charge in [0, 0.05) is 29.7 Å². The molecule has 1 aliphatic rings. The molecule has 2 atom stereocenters. The van der Waals surface area contributed by atoms with E-state index >= 15 is 0 Å². The lowest BCUT2D eigenvalue weighted by Gasteiger charge is -2.47. The van der Waals surface area contributed by atoms with Crippen LogP contribution in [0, 0.1) is 5.82 Å². The number of nitrogens with zero attached hydrogens (tertiary/aromatic N) is 1. The first kappa shape index (κ1) is 24.6. The molecule has 0 saturated carbocycles. The van der Waals surface area contributed by atoms with Crippen molar-refractivity contribution < 1.29 is 14.0 Å². The van der Waals surface area contributed by atoms with Gasteiger partial charge in [-0.15, -0.1) is 11.8 Å². The molecule has 8 heteroatoms. The average Bonchev–Trinajstić information content (AvgIpc) is 3.42. The molecule has 36 heavy (non-hydrogen) atoms. The highest BCUT2D eigenvalue weighted by Crippen LogP contribution is 2.46. The zero-order valence-electron chi connectivity index (χ0n) is 19.3. The SMILES string of the molecule is CN1C(=O)C(Sc2ccccc2Cl)C(=O)CC1(c1ccsc1)c1cccc(Nc2ccc(F)cc2)c1. The molecular weight excluding hydrogens is 515 g/mol. The molecule has 5 rings (SSSR count). The molecule has 1 fully saturated rings. The van der Waals surface area contributed by atoms with E-state index in [4.69, 9.17) is 11.6 Å². The zero-order valence-corrected chi connectivity index (χ0v) is 21.7. The maximum Gasteiger partial charge on any atom is 0.244 e. The van der Waals surface area contributed by atoms with E-state index in [-0.39, 0.29) is 23.9 Å². The van der Waals surface area contributed by atoms with Crippen LogP contribution in [0.3, 0.4) is 0 Å². The van der Waals surface area contributed by atoms with Crippen molar-refractivity contribution in [2.24, 2.45) is 0 Å². The van der Waals surface area contributed by atoms with Gasteiger partial charge in [0.05, 0.1) is 5.02 Å². The molecule has 0 spiro atoms. The minimum atomic E-state index is -0.952. The Kier molecular flexibility index (Phi) is 6.88. The van der Waals surface area contributed by atoms with Gasteiger partial charge in [-0.05, 0) is 76.5 Å². The molecule has 0 bridgehead atoms. The number of rotatable bonds is 6. The lowest BCUT2D eigenvalue weighted by atomic mass is 9.75. The number of anilines is 2. The van der Waals surface area contributed by atoms with Crippen LogP contribution in [0.5, 0.6) is 0 Å². The Morgan fingerprint density at radius 3 is 2.50 bits per heavy atom. The van der Waals surface area contributed by atoms with Crippen molar-refractivity contribution in [1.29, 1.82) is 0 Å². The number of benzene rings is 3. The van der Waals surface area contributed by atoms with Gasteiger partial charge in [-0.2, -0.15) is 11.3 Å². The number of carbonyl (C=O) groups is 2. The first-order valence-corrected chi connectivity index (χ1v) is 13.5. The molecule has 2 heterocycles. The standard InChI is InChI=1S/C28H22ClFN2O2S2/c1-32-27(34)26(36-25-8-3-2-7-23(25)29)24(33)16-28(32,19-13-14-35-17-19)18-5-4-6-22(15-18)31-21-11-9-20(30)10-12-21/h2-15,17,26,31H,16H2,1H3. The summed E-state index contributed by atoms with van der Waals surface area (Å²) in [6.07, 6.45) is 0.133. The molecule has 0 radical (unpaired) electrons. The molecule has 1 saturated heterocycles. The second-order valence-corrected chi connectivity index (χ2v) is 10.9. The van der Waals surface area contributed by atoms with Gasteiger partial charge in [0.25, 0.3) is 0 Å². The number of carbonyl (C=O) groups excluding carboxylic acids is 2. The number of amides is 1. The molecule has 1 N–H and O–H groups in total. The average molecular weight is 537 g/mol. The van der Waals surface area contributed by atoms with Gasteiger partial charge in [0.1, 0.15) is 16.6 Å². The number of halogens is 2. The number of nitrogens with one attached hydrogen (secondary N) is 1. The van der Waals surface area contributed by atoms with E-state index in [1.54, 1.807) is 30.1 Å². The smallest absolute Gasteiger partial charge is 0.244 e. The Morgan fingerprint density at radius 2 is 1.78 bits per heavy atom. The largest absolute Gasteiger partial charge is 0.356 e. The Bertz CT molecular complexity index is 1410. The van der Waals surface area contributed by atoms with E-state index in [0.29, 0.717) is 9.92 Å². The third kappa shape index (κ3) is 4.54. The van der Waals surface area contributed by atoms with Crippen LogP contribution in [0.15, 0.2) is 94.5 Å². The summed E-state index contributed by atoms with van der Waals surface area (Å²) in [5, 5.41) is 6.86. The number of Topliss-reactive ketones (excluding diaryl/α,β-unsaturated/α-hetero) is 1. The molecule has 2 unspecified atom stereocenters. The van der Waals surface area contributed by atoms with E-state index < -0.39 is 10.8 Å². The molecule has 0 aliphatic carbocycles. The van der Waals surface area contributed by atoms with Crippen LogP contribution in [-0.2, 0) is 15.1 Å². The van der Waals surface area contributed by atoms with E-state index in [0.717, 1.165) is 22.5 Å². The van der Waals surface area contributed by atoms with Crippen molar-refractivity contribution in [3.63, 3.8) is 0 Å². The Hall–Kier alpha value is -3.13. The van der Waals surface area contributed by atoms with Crippen LogP contribution in [0.1, 0.15) is 17.5 Å². The van der Waals surface area contributed by atoms with Gasteiger partial charge in [-0.1, -0.05) is 35.9 Å². The molecule has 182 valence electrons. The van der Waals surface area contributed by atoms with Crippen molar-refractivity contribution in [3.05, 3.63) is 112 Å². The van der Waals surface area contributed by atoms with Crippen LogP contribution in [0.2, 0.25) is 5.02 Å². The first-order chi connectivity index (χ1) is 17.4. The second kappa shape index (κ2) is 10.1. The predicted molar refractivity (Wildman–Crippen MR) is 145 cm³/mol. The van der Waals surface area contributed by atoms with Crippen LogP contribution < -0.4 is 5.32 Å². The molecule has 4 aromatic rings. The van der Waals surface area contributed by atoms with Crippen molar-refractivity contribution in [1.82, 2.24) is 4.90 Å². The van der Waals surface area contributed by atoms with Crippen molar-refractivity contribution in [2.75, 3.05) is 12.4 Å². The number of likely N-dealkylation sites (tertiary alicyclic amines) is 1. The Balaban J connectivity index is 1.52. The number of piperidine rings is 1. The van der Waals surface area contributed by atoms with Crippen molar-refractivity contribution >= 4 is 57.8 Å².